The van der Waals surface area contributed by atoms with Crippen molar-refractivity contribution in [2.24, 2.45) is 0 Å². The van der Waals surface area contributed by atoms with Crippen molar-refractivity contribution < 1.29 is 10.2 Å². The Labute approximate surface area is 113 Å². The topological polar surface area (TPSA) is 61.5 Å². The van der Waals surface area contributed by atoms with E-state index in [0.29, 0.717) is 19.6 Å². The molecule has 0 aliphatic carbocycles. The van der Waals surface area contributed by atoms with Gasteiger partial charge in [0.25, 0.3) is 0 Å². The minimum Gasteiger partial charge on any atom is -0.395 e. The number of imidazole rings is 1. The van der Waals surface area contributed by atoms with E-state index < -0.39 is 0 Å². The Morgan fingerprint density at radius 3 is 2.47 bits per heavy atom. The van der Waals surface area contributed by atoms with Crippen molar-refractivity contribution in [3.63, 3.8) is 0 Å². The van der Waals surface area contributed by atoms with E-state index in [1.807, 2.05) is 23.1 Å². The zero-order valence-electron chi connectivity index (χ0n) is 11.3. The molecule has 5 heteroatoms. The van der Waals surface area contributed by atoms with Crippen molar-refractivity contribution in [3.8, 4) is 0 Å². The predicted molar refractivity (Wildman–Crippen MR) is 74.9 cm³/mol. The average Bonchev–Trinajstić information content (AvgIpc) is 2.76. The van der Waals surface area contributed by atoms with E-state index >= 15 is 0 Å². The zero-order chi connectivity index (χ0) is 13.7. The number of para-hydroxylation sites is 2. The molecule has 2 N–H and O–H groups in total. The van der Waals surface area contributed by atoms with Crippen molar-refractivity contribution in [2.45, 2.75) is 20.0 Å². The minimum absolute atomic E-state index is 0.0896. The SMILES string of the molecule is CCn1c(CN(CCO)CCO)nc2ccccc21. The van der Waals surface area contributed by atoms with Crippen molar-refractivity contribution in [1.29, 1.82) is 0 Å². The van der Waals surface area contributed by atoms with Crippen molar-refractivity contribution in [2.75, 3.05) is 26.3 Å². The third-order valence-electron chi connectivity index (χ3n) is 3.25. The molecule has 0 fully saturated rings. The molecular weight excluding hydrogens is 242 g/mol. The molecule has 0 amide bonds. The number of aromatic nitrogens is 2. The Morgan fingerprint density at radius 1 is 1.16 bits per heavy atom. The van der Waals surface area contributed by atoms with Gasteiger partial charge in [0.05, 0.1) is 30.8 Å². The van der Waals surface area contributed by atoms with Crippen molar-refractivity contribution in [3.05, 3.63) is 30.1 Å². The summed E-state index contributed by atoms with van der Waals surface area (Å²) in [7, 11) is 0. The summed E-state index contributed by atoms with van der Waals surface area (Å²) in [5.74, 6) is 0.977. The van der Waals surface area contributed by atoms with Crippen LogP contribution in [0.5, 0.6) is 0 Å². The summed E-state index contributed by atoms with van der Waals surface area (Å²) >= 11 is 0. The Bertz CT molecular complexity index is 518. The molecule has 1 heterocycles. The quantitative estimate of drug-likeness (QED) is 0.777. The van der Waals surface area contributed by atoms with Gasteiger partial charge >= 0.3 is 0 Å². The molecule has 2 aromatic rings. The van der Waals surface area contributed by atoms with E-state index in [2.05, 4.69) is 22.5 Å². The van der Waals surface area contributed by atoms with Crippen LogP contribution in [0, 0.1) is 0 Å². The van der Waals surface area contributed by atoms with Crippen LogP contribution >= 0.6 is 0 Å². The number of nitrogens with zero attached hydrogens (tertiary/aromatic N) is 3. The van der Waals surface area contributed by atoms with Gasteiger partial charge in [-0.15, -0.1) is 0 Å². The molecule has 0 saturated carbocycles. The molecule has 5 nitrogen and oxygen atoms in total. The fourth-order valence-corrected chi connectivity index (χ4v) is 2.35. The van der Waals surface area contributed by atoms with Crippen molar-refractivity contribution >= 4 is 11.0 Å². The van der Waals surface area contributed by atoms with Crippen LogP contribution in [0.3, 0.4) is 0 Å². The number of aryl methyl sites for hydroxylation is 1. The fraction of sp³-hybridized carbons (Fsp3) is 0.500. The number of aliphatic hydroxyl groups excluding tert-OH is 2. The first-order chi connectivity index (χ1) is 9.30. The van der Waals surface area contributed by atoms with Crippen LogP contribution in [0.25, 0.3) is 11.0 Å². The lowest BCUT2D eigenvalue weighted by Gasteiger charge is -2.20. The largest absolute Gasteiger partial charge is 0.395 e. The third-order valence-corrected chi connectivity index (χ3v) is 3.25. The van der Waals surface area contributed by atoms with Gasteiger partial charge in [0.15, 0.2) is 0 Å². The summed E-state index contributed by atoms with van der Waals surface area (Å²) in [4.78, 5) is 6.65. The van der Waals surface area contributed by atoms with Crippen LogP contribution < -0.4 is 0 Å². The lowest BCUT2D eigenvalue weighted by atomic mass is 10.3. The highest BCUT2D eigenvalue weighted by atomic mass is 16.3. The third kappa shape index (κ3) is 3.12. The lowest BCUT2D eigenvalue weighted by Crippen LogP contribution is -2.30. The molecule has 0 saturated heterocycles. The second-order valence-corrected chi connectivity index (χ2v) is 4.48. The molecule has 1 aromatic heterocycles. The van der Waals surface area contributed by atoms with Gasteiger partial charge in [-0.3, -0.25) is 4.90 Å². The number of aliphatic hydroxyl groups is 2. The molecule has 0 bridgehead atoms. The Morgan fingerprint density at radius 2 is 1.84 bits per heavy atom. The molecule has 0 aliphatic heterocycles. The number of benzene rings is 1. The highest BCUT2D eigenvalue weighted by Crippen LogP contribution is 2.17. The van der Waals surface area contributed by atoms with Crippen LogP contribution in [0.2, 0.25) is 0 Å². The smallest absolute Gasteiger partial charge is 0.124 e. The molecule has 0 aliphatic rings. The Kier molecular flexibility index (Phi) is 4.90. The van der Waals surface area contributed by atoms with E-state index in [1.165, 1.54) is 0 Å². The maximum atomic E-state index is 9.06. The van der Waals surface area contributed by atoms with E-state index in [9.17, 15) is 0 Å². The second-order valence-electron chi connectivity index (χ2n) is 4.48. The summed E-state index contributed by atoms with van der Waals surface area (Å²) in [5.41, 5.74) is 2.13. The molecule has 2 rings (SSSR count). The summed E-state index contributed by atoms with van der Waals surface area (Å²) in [5, 5.41) is 18.1. The summed E-state index contributed by atoms with van der Waals surface area (Å²) in [6.45, 7) is 4.88. The van der Waals surface area contributed by atoms with E-state index in [0.717, 1.165) is 23.4 Å². The molecule has 0 radical (unpaired) electrons. The van der Waals surface area contributed by atoms with Gasteiger partial charge < -0.3 is 14.8 Å². The lowest BCUT2D eigenvalue weighted by molar-refractivity contribution is 0.152. The standard InChI is InChI=1S/C14H21N3O2/c1-2-17-13-6-4-3-5-12(13)15-14(17)11-16(7-9-18)8-10-19/h3-6,18-19H,2,7-11H2,1H3. The maximum absolute atomic E-state index is 9.06. The summed E-state index contributed by atoms with van der Waals surface area (Å²) < 4.78 is 2.18. The van der Waals surface area contributed by atoms with Crippen LogP contribution in [-0.2, 0) is 13.1 Å². The van der Waals surface area contributed by atoms with E-state index in [-0.39, 0.29) is 13.2 Å². The zero-order valence-corrected chi connectivity index (χ0v) is 11.3. The van der Waals surface area contributed by atoms with Crippen LogP contribution in [-0.4, -0.2) is 51.0 Å². The molecule has 0 spiro atoms. The van der Waals surface area contributed by atoms with Gasteiger partial charge in [-0.25, -0.2) is 4.98 Å². The maximum Gasteiger partial charge on any atom is 0.124 e. The Balaban J connectivity index is 2.27. The van der Waals surface area contributed by atoms with Crippen LogP contribution in [0.15, 0.2) is 24.3 Å². The predicted octanol–water partition coefficient (Wildman–Crippen LogP) is 0.843. The normalized spacial score (nSPS) is 11.6. The second kappa shape index (κ2) is 6.65. The number of fused-ring (bicyclic) bond motifs is 1. The highest BCUT2D eigenvalue weighted by molar-refractivity contribution is 5.75. The molecule has 104 valence electrons. The highest BCUT2D eigenvalue weighted by Gasteiger charge is 2.12. The van der Waals surface area contributed by atoms with E-state index in [4.69, 9.17) is 10.2 Å². The van der Waals surface area contributed by atoms with E-state index in [1.54, 1.807) is 0 Å². The molecule has 1 aromatic carbocycles. The van der Waals surface area contributed by atoms with Crippen LogP contribution in [0.1, 0.15) is 12.7 Å². The molecule has 19 heavy (non-hydrogen) atoms. The van der Waals surface area contributed by atoms with Crippen molar-refractivity contribution in [1.82, 2.24) is 14.5 Å². The average molecular weight is 263 g/mol. The van der Waals surface area contributed by atoms with Gasteiger partial charge in [-0.05, 0) is 19.1 Å². The molecule has 0 unspecified atom stereocenters. The number of hydrogen-bond acceptors (Lipinski definition) is 4. The Hall–Kier alpha value is -1.43. The molecule has 0 atom stereocenters. The fourth-order valence-electron chi connectivity index (χ4n) is 2.35. The monoisotopic (exact) mass is 263 g/mol. The minimum atomic E-state index is 0.0896. The molecular formula is C14H21N3O2. The van der Waals surface area contributed by atoms with Crippen LogP contribution in [0.4, 0.5) is 0 Å². The van der Waals surface area contributed by atoms with Gasteiger partial charge in [-0.1, -0.05) is 12.1 Å². The summed E-state index contributed by atoms with van der Waals surface area (Å²) in [6.07, 6.45) is 0. The van der Waals surface area contributed by atoms with Gasteiger partial charge in [0.2, 0.25) is 0 Å². The van der Waals surface area contributed by atoms with Gasteiger partial charge in [0.1, 0.15) is 5.82 Å². The number of hydrogen-bond donors (Lipinski definition) is 2. The first-order valence-electron chi connectivity index (χ1n) is 6.68. The number of rotatable bonds is 7. The first-order valence-corrected chi connectivity index (χ1v) is 6.68. The van der Waals surface area contributed by atoms with Gasteiger partial charge in [-0.2, -0.15) is 0 Å². The summed E-state index contributed by atoms with van der Waals surface area (Å²) in [6, 6.07) is 8.07. The first kappa shape index (κ1) is 14.0. The van der Waals surface area contributed by atoms with Gasteiger partial charge in [0, 0.05) is 19.6 Å².